The third kappa shape index (κ3) is 5.67. The Morgan fingerprint density at radius 1 is 1.06 bits per heavy atom. The van der Waals surface area contributed by atoms with Crippen molar-refractivity contribution < 1.29 is 24.2 Å². The Hall–Kier alpha value is -3.79. The Kier molecular flexibility index (Phi) is 7.87. The van der Waals surface area contributed by atoms with Crippen molar-refractivity contribution in [3.05, 3.63) is 59.7 Å². The van der Waals surface area contributed by atoms with Crippen LogP contribution in [-0.2, 0) is 14.3 Å². The fourth-order valence-electron chi connectivity index (χ4n) is 3.79. The summed E-state index contributed by atoms with van der Waals surface area (Å²) in [6.45, 7) is 2.76. The molecule has 32 heavy (non-hydrogen) atoms. The lowest BCUT2D eigenvalue weighted by atomic mass is 9.98. The average molecular weight is 434 g/mol. The minimum Gasteiger partial charge on any atom is -0.481 e. The van der Waals surface area contributed by atoms with Crippen molar-refractivity contribution in [3.8, 4) is 23.0 Å². The highest BCUT2D eigenvalue weighted by molar-refractivity contribution is 5.93. The molecular weight excluding hydrogens is 408 g/mol. The van der Waals surface area contributed by atoms with Crippen LogP contribution in [0.5, 0.6) is 0 Å². The number of aliphatic carboxylic acids is 1. The summed E-state index contributed by atoms with van der Waals surface area (Å²) in [5.74, 6) is 3.77. The summed E-state index contributed by atoms with van der Waals surface area (Å²) in [5, 5.41) is 11.2. The molecule has 0 saturated carbocycles. The molecule has 0 spiro atoms. The number of ether oxygens (including phenoxy) is 1. The van der Waals surface area contributed by atoms with Gasteiger partial charge in [0.05, 0.1) is 6.54 Å². The second kappa shape index (κ2) is 11.0. The van der Waals surface area contributed by atoms with E-state index >= 15 is 0 Å². The predicted molar refractivity (Wildman–Crippen MR) is 120 cm³/mol. The number of carbonyl (C=O) groups excluding carboxylic acids is 2. The topological polar surface area (TPSA) is 95.9 Å². The molecule has 0 aromatic heterocycles. The van der Waals surface area contributed by atoms with Crippen molar-refractivity contribution in [2.45, 2.75) is 25.7 Å². The number of nitrogens with zero attached hydrogens (tertiary/aromatic N) is 1. The van der Waals surface area contributed by atoms with Gasteiger partial charge in [-0.2, -0.15) is 0 Å². The summed E-state index contributed by atoms with van der Waals surface area (Å²) in [7, 11) is 0. The number of carbonyl (C=O) groups is 3. The van der Waals surface area contributed by atoms with Crippen LogP contribution in [0.15, 0.2) is 48.5 Å². The number of amides is 2. The second-order valence-corrected chi connectivity index (χ2v) is 7.36. The fourth-order valence-corrected chi connectivity index (χ4v) is 3.79. The largest absolute Gasteiger partial charge is 0.481 e. The minimum atomic E-state index is -0.896. The van der Waals surface area contributed by atoms with E-state index in [0.29, 0.717) is 19.5 Å². The van der Waals surface area contributed by atoms with E-state index < -0.39 is 18.0 Å². The van der Waals surface area contributed by atoms with Gasteiger partial charge in [-0.3, -0.25) is 9.59 Å². The maximum Gasteiger partial charge on any atom is 0.407 e. The van der Waals surface area contributed by atoms with Crippen molar-refractivity contribution in [2.24, 2.45) is 0 Å². The molecule has 166 valence electrons. The van der Waals surface area contributed by atoms with E-state index in [1.165, 1.54) is 4.90 Å². The predicted octanol–water partition coefficient (Wildman–Crippen LogP) is 3.24. The van der Waals surface area contributed by atoms with Crippen LogP contribution in [0.4, 0.5) is 4.79 Å². The molecule has 3 rings (SSSR count). The summed E-state index contributed by atoms with van der Waals surface area (Å²) in [6, 6.07) is 16.2. The van der Waals surface area contributed by atoms with Crippen LogP contribution in [0.1, 0.15) is 36.8 Å². The Morgan fingerprint density at radius 3 is 2.28 bits per heavy atom. The van der Waals surface area contributed by atoms with Crippen LogP contribution < -0.4 is 5.32 Å². The van der Waals surface area contributed by atoms with E-state index in [9.17, 15) is 14.4 Å². The number of rotatable bonds is 8. The molecule has 0 heterocycles. The van der Waals surface area contributed by atoms with Gasteiger partial charge in [0.25, 0.3) is 5.91 Å². The van der Waals surface area contributed by atoms with Crippen molar-refractivity contribution in [1.82, 2.24) is 10.2 Å². The summed E-state index contributed by atoms with van der Waals surface area (Å²) in [6.07, 6.45) is -0.225. The molecule has 1 aliphatic carbocycles. The number of nitrogens with one attached hydrogen (secondary N) is 1. The number of alkyl carbamates (subject to hydrolysis) is 1. The average Bonchev–Trinajstić information content (AvgIpc) is 3.11. The molecule has 0 unspecified atom stereocenters. The zero-order valence-electron chi connectivity index (χ0n) is 18.0. The van der Waals surface area contributed by atoms with Crippen molar-refractivity contribution in [1.29, 1.82) is 0 Å². The van der Waals surface area contributed by atoms with Crippen LogP contribution in [0, 0.1) is 11.8 Å². The first kappa shape index (κ1) is 22.9. The monoisotopic (exact) mass is 434 g/mol. The van der Waals surface area contributed by atoms with Crippen LogP contribution in [0.25, 0.3) is 11.1 Å². The molecule has 2 aromatic rings. The standard InChI is InChI=1S/C25H26N2O5/c1-2-27(16-8-14-24(29)30)23(28)13-7-15-26-25(31)32-17-22-20-11-5-3-9-18(20)19-10-4-6-12-21(19)22/h3-6,9-12,22H,2,8,14-17H2,1H3,(H,26,31)(H,29,30). The van der Waals surface area contributed by atoms with Crippen LogP contribution in [0.2, 0.25) is 0 Å². The van der Waals surface area contributed by atoms with Gasteiger partial charge in [-0.15, -0.1) is 0 Å². The third-order valence-electron chi connectivity index (χ3n) is 5.35. The molecule has 0 atom stereocenters. The summed E-state index contributed by atoms with van der Waals surface area (Å²) in [5.41, 5.74) is 4.58. The molecular formula is C25H26N2O5. The van der Waals surface area contributed by atoms with E-state index in [1.54, 1.807) is 6.92 Å². The van der Waals surface area contributed by atoms with Crippen LogP contribution >= 0.6 is 0 Å². The lowest BCUT2D eigenvalue weighted by molar-refractivity contribution is -0.137. The van der Waals surface area contributed by atoms with E-state index in [1.807, 2.05) is 36.4 Å². The first-order valence-corrected chi connectivity index (χ1v) is 10.6. The number of fused-ring (bicyclic) bond motifs is 3. The molecule has 2 aromatic carbocycles. The van der Waals surface area contributed by atoms with Gasteiger partial charge in [0.2, 0.25) is 0 Å². The van der Waals surface area contributed by atoms with Gasteiger partial charge in [0, 0.05) is 25.4 Å². The van der Waals surface area contributed by atoms with Gasteiger partial charge >= 0.3 is 12.1 Å². The van der Waals surface area contributed by atoms with E-state index in [4.69, 9.17) is 9.84 Å². The number of benzene rings is 2. The maximum absolute atomic E-state index is 12.1. The smallest absolute Gasteiger partial charge is 0.407 e. The summed E-state index contributed by atoms with van der Waals surface area (Å²) >= 11 is 0. The molecule has 0 bridgehead atoms. The zero-order chi connectivity index (χ0) is 22.9. The summed E-state index contributed by atoms with van der Waals surface area (Å²) in [4.78, 5) is 36.3. The zero-order valence-corrected chi connectivity index (χ0v) is 18.0. The number of hydrogen-bond acceptors (Lipinski definition) is 4. The molecule has 0 fully saturated rings. The maximum atomic E-state index is 12.1. The molecule has 1 aliphatic rings. The lowest BCUT2D eigenvalue weighted by Crippen LogP contribution is -2.31. The first-order chi connectivity index (χ1) is 15.5. The lowest BCUT2D eigenvalue weighted by Gasteiger charge is -2.17. The van der Waals surface area contributed by atoms with Gasteiger partial charge < -0.3 is 20.1 Å². The fraction of sp³-hybridized carbons (Fsp3) is 0.320. The van der Waals surface area contributed by atoms with Crippen molar-refractivity contribution >= 4 is 18.0 Å². The molecule has 0 radical (unpaired) electrons. The van der Waals surface area contributed by atoms with Crippen molar-refractivity contribution in [2.75, 3.05) is 26.2 Å². The van der Waals surface area contributed by atoms with Crippen molar-refractivity contribution in [3.63, 3.8) is 0 Å². The molecule has 2 N–H and O–H groups in total. The second-order valence-electron chi connectivity index (χ2n) is 7.36. The Morgan fingerprint density at radius 2 is 1.69 bits per heavy atom. The quantitative estimate of drug-likeness (QED) is 0.622. The third-order valence-corrected chi connectivity index (χ3v) is 5.35. The van der Waals surface area contributed by atoms with Gasteiger partial charge in [-0.25, -0.2) is 4.79 Å². The SMILES string of the molecule is CCN(CCCC(=O)O)C(=O)C#CCNC(=O)OCC1c2ccccc2-c2ccccc21. The molecule has 0 saturated heterocycles. The van der Waals surface area contributed by atoms with E-state index in [2.05, 4.69) is 29.3 Å². The highest BCUT2D eigenvalue weighted by Gasteiger charge is 2.28. The number of carboxylic acid groups (broad SMARTS) is 1. The highest BCUT2D eigenvalue weighted by atomic mass is 16.5. The van der Waals surface area contributed by atoms with Gasteiger partial charge in [-0.1, -0.05) is 54.5 Å². The van der Waals surface area contributed by atoms with Gasteiger partial charge in [0.15, 0.2) is 0 Å². The van der Waals surface area contributed by atoms with E-state index in [-0.39, 0.29) is 25.5 Å². The van der Waals surface area contributed by atoms with Crippen LogP contribution in [0.3, 0.4) is 0 Å². The number of hydrogen-bond donors (Lipinski definition) is 2. The Labute approximate surface area is 187 Å². The molecule has 7 heteroatoms. The molecule has 7 nitrogen and oxygen atoms in total. The Balaban J connectivity index is 1.47. The first-order valence-electron chi connectivity index (χ1n) is 10.6. The molecule has 0 aliphatic heterocycles. The minimum absolute atomic E-state index is 0.000544. The van der Waals surface area contributed by atoms with Gasteiger partial charge in [0.1, 0.15) is 6.61 Å². The Bertz CT molecular complexity index is 1010. The van der Waals surface area contributed by atoms with Gasteiger partial charge in [-0.05, 0) is 41.5 Å². The number of carboxylic acids is 1. The van der Waals surface area contributed by atoms with Crippen LogP contribution in [-0.4, -0.2) is 54.2 Å². The van der Waals surface area contributed by atoms with E-state index in [0.717, 1.165) is 22.3 Å². The normalized spacial score (nSPS) is 11.5. The summed E-state index contributed by atoms with van der Waals surface area (Å²) < 4.78 is 5.42. The highest BCUT2D eigenvalue weighted by Crippen LogP contribution is 2.44. The molecule has 2 amide bonds.